The van der Waals surface area contributed by atoms with Gasteiger partial charge in [0.25, 0.3) is 5.91 Å². The first-order valence-corrected chi connectivity index (χ1v) is 9.09. The Hall–Kier alpha value is -1.64. The van der Waals surface area contributed by atoms with Crippen molar-refractivity contribution < 1.29 is 13.2 Å². The molecule has 2 aromatic carbocycles. The van der Waals surface area contributed by atoms with E-state index in [-0.39, 0.29) is 21.4 Å². The van der Waals surface area contributed by atoms with Crippen molar-refractivity contribution in [3.05, 3.63) is 64.1 Å². The van der Waals surface area contributed by atoms with Crippen molar-refractivity contribution in [2.75, 3.05) is 0 Å². The highest BCUT2D eigenvalue weighted by atomic mass is 35.5. The summed E-state index contributed by atoms with van der Waals surface area (Å²) in [5.74, 6) is 4.49. The Morgan fingerprint density at radius 3 is 2.42 bits per heavy atom. The standard InChI is InChI=1S/C15H15Cl2N3O3S/c16-11-6-7-12(17)14(9-11)24(22,23)20-13(15(21)19-18)8-10-4-2-1-3-5-10/h1-7,9,13,20H,8,18H2,(H,19,21)/t13-/m1/s1. The number of sulfonamides is 1. The van der Waals surface area contributed by atoms with Crippen LogP contribution in [0.2, 0.25) is 10.0 Å². The highest BCUT2D eigenvalue weighted by Crippen LogP contribution is 2.25. The van der Waals surface area contributed by atoms with Crippen molar-refractivity contribution in [2.24, 2.45) is 5.84 Å². The predicted octanol–water partition coefficient (Wildman–Crippen LogP) is 1.87. The number of nitrogens with two attached hydrogens (primary N) is 1. The van der Waals surface area contributed by atoms with Crippen molar-refractivity contribution in [3.8, 4) is 0 Å². The van der Waals surface area contributed by atoms with E-state index < -0.39 is 22.0 Å². The van der Waals surface area contributed by atoms with Gasteiger partial charge in [0.2, 0.25) is 10.0 Å². The number of hydrogen-bond acceptors (Lipinski definition) is 4. The van der Waals surface area contributed by atoms with E-state index in [0.29, 0.717) is 0 Å². The quantitative estimate of drug-likeness (QED) is 0.400. The van der Waals surface area contributed by atoms with E-state index in [9.17, 15) is 13.2 Å². The number of halogens is 2. The van der Waals surface area contributed by atoms with Gasteiger partial charge in [-0.15, -0.1) is 0 Å². The average molecular weight is 388 g/mol. The summed E-state index contributed by atoms with van der Waals surface area (Å²) in [5, 5.41) is 0.209. The molecule has 0 fully saturated rings. The van der Waals surface area contributed by atoms with Gasteiger partial charge in [0.05, 0.1) is 5.02 Å². The van der Waals surface area contributed by atoms with Crippen LogP contribution in [0, 0.1) is 0 Å². The molecular formula is C15H15Cl2N3O3S. The normalized spacial score (nSPS) is 12.6. The van der Waals surface area contributed by atoms with Crippen LogP contribution in [0.15, 0.2) is 53.4 Å². The lowest BCUT2D eigenvalue weighted by molar-refractivity contribution is -0.122. The summed E-state index contributed by atoms with van der Waals surface area (Å²) in [6.07, 6.45) is 0.126. The Morgan fingerprint density at radius 1 is 1.12 bits per heavy atom. The van der Waals surface area contributed by atoms with Crippen LogP contribution in [0.25, 0.3) is 0 Å². The molecule has 2 rings (SSSR count). The molecule has 1 amide bonds. The maximum atomic E-state index is 12.6. The molecule has 0 saturated carbocycles. The van der Waals surface area contributed by atoms with Crippen LogP contribution in [0.3, 0.4) is 0 Å². The minimum absolute atomic E-state index is 0.00137. The second-order valence-corrected chi connectivity index (χ2v) is 7.47. The number of amides is 1. The topological polar surface area (TPSA) is 101 Å². The Balaban J connectivity index is 2.31. The third-order valence-electron chi connectivity index (χ3n) is 3.22. The molecule has 0 spiro atoms. The number of hydrogen-bond donors (Lipinski definition) is 3. The third-order valence-corrected chi connectivity index (χ3v) is 5.41. The maximum absolute atomic E-state index is 12.6. The highest BCUT2D eigenvalue weighted by molar-refractivity contribution is 7.89. The van der Waals surface area contributed by atoms with Gasteiger partial charge >= 0.3 is 0 Å². The first-order valence-electron chi connectivity index (χ1n) is 6.85. The van der Waals surface area contributed by atoms with E-state index in [2.05, 4.69) is 4.72 Å². The van der Waals surface area contributed by atoms with Crippen LogP contribution in [-0.2, 0) is 21.2 Å². The minimum atomic E-state index is -4.07. The van der Waals surface area contributed by atoms with Gasteiger partial charge in [-0.2, -0.15) is 4.72 Å². The lowest BCUT2D eigenvalue weighted by Gasteiger charge is -2.18. The molecule has 9 heteroatoms. The smallest absolute Gasteiger partial charge is 0.252 e. The van der Waals surface area contributed by atoms with Crippen molar-refractivity contribution in [3.63, 3.8) is 0 Å². The van der Waals surface area contributed by atoms with Gasteiger partial charge in [-0.25, -0.2) is 14.3 Å². The number of rotatable bonds is 6. The SMILES string of the molecule is NNC(=O)[C@@H](Cc1ccccc1)NS(=O)(=O)c1cc(Cl)ccc1Cl. The van der Waals surface area contributed by atoms with Crippen LogP contribution in [0.4, 0.5) is 0 Å². The Kier molecular flexibility index (Phi) is 6.20. The third kappa shape index (κ3) is 4.68. The summed E-state index contributed by atoms with van der Waals surface area (Å²) in [6, 6.07) is 11.9. The molecular weight excluding hydrogens is 373 g/mol. The van der Waals surface area contributed by atoms with Gasteiger partial charge in [0.1, 0.15) is 10.9 Å². The van der Waals surface area contributed by atoms with Gasteiger partial charge < -0.3 is 0 Å². The second-order valence-electron chi connectivity index (χ2n) is 4.95. The van der Waals surface area contributed by atoms with E-state index in [1.54, 1.807) is 24.3 Å². The maximum Gasteiger partial charge on any atom is 0.252 e. The predicted molar refractivity (Wildman–Crippen MR) is 93.0 cm³/mol. The fourth-order valence-electron chi connectivity index (χ4n) is 2.07. The molecule has 0 unspecified atom stereocenters. The van der Waals surface area contributed by atoms with E-state index >= 15 is 0 Å². The number of hydrazine groups is 1. The molecule has 0 radical (unpaired) electrons. The van der Waals surface area contributed by atoms with E-state index in [0.717, 1.165) is 5.56 Å². The molecule has 128 valence electrons. The van der Waals surface area contributed by atoms with Crippen LogP contribution >= 0.6 is 23.2 Å². The van der Waals surface area contributed by atoms with Crippen LogP contribution < -0.4 is 16.0 Å². The summed E-state index contributed by atoms with van der Waals surface area (Å²) in [4.78, 5) is 11.7. The summed E-state index contributed by atoms with van der Waals surface area (Å²) in [7, 11) is -4.07. The summed E-state index contributed by atoms with van der Waals surface area (Å²) >= 11 is 11.8. The van der Waals surface area contributed by atoms with E-state index in [1.165, 1.54) is 18.2 Å². The first-order chi connectivity index (χ1) is 11.3. The highest BCUT2D eigenvalue weighted by Gasteiger charge is 2.27. The molecule has 0 heterocycles. The Bertz CT molecular complexity index is 829. The summed E-state index contributed by atoms with van der Waals surface area (Å²) in [6.45, 7) is 0. The zero-order valence-corrected chi connectivity index (χ0v) is 14.7. The van der Waals surface area contributed by atoms with Crippen LogP contribution in [-0.4, -0.2) is 20.4 Å². The fourth-order valence-corrected chi connectivity index (χ4v) is 4.03. The molecule has 2 aromatic rings. The number of nitrogens with one attached hydrogen (secondary N) is 2. The lowest BCUT2D eigenvalue weighted by atomic mass is 10.1. The average Bonchev–Trinajstić information content (AvgIpc) is 2.56. The summed E-state index contributed by atoms with van der Waals surface area (Å²) in [5.41, 5.74) is 2.73. The van der Waals surface area contributed by atoms with Crippen molar-refractivity contribution >= 4 is 39.1 Å². The van der Waals surface area contributed by atoms with Crippen LogP contribution in [0.5, 0.6) is 0 Å². The number of carbonyl (C=O) groups is 1. The molecule has 0 aliphatic rings. The van der Waals surface area contributed by atoms with E-state index in [4.69, 9.17) is 29.0 Å². The van der Waals surface area contributed by atoms with Gasteiger partial charge in [0, 0.05) is 5.02 Å². The van der Waals surface area contributed by atoms with Gasteiger partial charge in [-0.1, -0.05) is 53.5 Å². The molecule has 0 aliphatic heterocycles. The van der Waals surface area contributed by atoms with Crippen molar-refractivity contribution in [1.82, 2.24) is 10.1 Å². The number of carbonyl (C=O) groups excluding carboxylic acids is 1. The molecule has 0 bridgehead atoms. The van der Waals surface area contributed by atoms with Crippen molar-refractivity contribution in [2.45, 2.75) is 17.4 Å². The molecule has 0 saturated heterocycles. The molecule has 4 N–H and O–H groups in total. The monoisotopic (exact) mass is 387 g/mol. The zero-order chi connectivity index (χ0) is 17.7. The van der Waals surface area contributed by atoms with Gasteiger partial charge in [-0.05, 0) is 30.2 Å². The Labute approximate surface area is 150 Å². The second kappa shape index (κ2) is 7.96. The van der Waals surface area contributed by atoms with E-state index in [1.807, 2.05) is 11.5 Å². The molecule has 24 heavy (non-hydrogen) atoms. The Morgan fingerprint density at radius 2 is 1.79 bits per heavy atom. The molecule has 0 aromatic heterocycles. The molecule has 1 atom stereocenters. The van der Waals surface area contributed by atoms with Crippen molar-refractivity contribution in [1.29, 1.82) is 0 Å². The first kappa shape index (κ1) is 18.7. The number of benzene rings is 2. The largest absolute Gasteiger partial charge is 0.293 e. The lowest BCUT2D eigenvalue weighted by Crippen LogP contribution is -2.50. The van der Waals surface area contributed by atoms with Crippen LogP contribution in [0.1, 0.15) is 5.56 Å². The zero-order valence-electron chi connectivity index (χ0n) is 12.4. The molecule has 0 aliphatic carbocycles. The summed E-state index contributed by atoms with van der Waals surface area (Å²) < 4.78 is 27.4. The fraction of sp³-hybridized carbons (Fsp3) is 0.133. The van der Waals surface area contributed by atoms with Gasteiger partial charge in [-0.3, -0.25) is 10.2 Å². The molecule has 6 nitrogen and oxygen atoms in total. The minimum Gasteiger partial charge on any atom is -0.293 e. The van der Waals surface area contributed by atoms with Gasteiger partial charge in [0.15, 0.2) is 0 Å².